The molecule has 0 saturated heterocycles. The van der Waals surface area contributed by atoms with Gasteiger partial charge in [0.25, 0.3) is 0 Å². The fraction of sp³-hybridized carbons (Fsp3) is 0.273. The van der Waals surface area contributed by atoms with Gasteiger partial charge in [-0.2, -0.15) is 0 Å². The van der Waals surface area contributed by atoms with Crippen LogP contribution in [-0.4, -0.2) is 26.2 Å². The minimum absolute atomic E-state index is 0.0632. The number of rotatable bonds is 3. The Morgan fingerprint density at radius 1 is 1.50 bits per heavy atom. The van der Waals surface area contributed by atoms with Crippen molar-refractivity contribution < 1.29 is 5.11 Å². The van der Waals surface area contributed by atoms with Crippen molar-refractivity contribution in [3.05, 3.63) is 35.5 Å². The largest absolute Gasteiger partial charge is 0.396 e. The molecule has 0 aromatic carbocycles. The van der Waals surface area contributed by atoms with Crippen molar-refractivity contribution in [2.45, 2.75) is 6.42 Å². The van der Waals surface area contributed by atoms with Gasteiger partial charge in [0, 0.05) is 31.4 Å². The highest BCUT2D eigenvalue weighted by molar-refractivity contribution is 6.32. The lowest BCUT2D eigenvalue weighted by Gasteiger charge is -1.98. The summed E-state index contributed by atoms with van der Waals surface area (Å²) in [5.41, 5.74) is 1.59. The molecule has 84 valence electrons. The molecule has 0 aliphatic heterocycles. The Kier molecular flexibility index (Phi) is 3.22. The summed E-state index contributed by atoms with van der Waals surface area (Å²) in [6.07, 6.45) is 3.92. The third-order valence-corrected chi connectivity index (χ3v) is 2.82. The zero-order valence-corrected chi connectivity index (χ0v) is 9.65. The number of halogens is 1. The van der Waals surface area contributed by atoms with E-state index in [2.05, 4.69) is 9.97 Å². The molecule has 1 N–H and O–H groups in total. The topological polar surface area (TPSA) is 50.9 Å². The second-order valence-corrected chi connectivity index (χ2v) is 3.80. The van der Waals surface area contributed by atoms with Gasteiger partial charge in [0.2, 0.25) is 0 Å². The predicted molar refractivity (Wildman–Crippen MR) is 62.2 cm³/mol. The summed E-state index contributed by atoms with van der Waals surface area (Å²) in [5, 5.41) is 9.47. The van der Waals surface area contributed by atoms with Gasteiger partial charge in [-0.05, 0) is 12.1 Å². The Labute approximate surface area is 98.5 Å². The molecule has 2 rings (SSSR count). The lowest BCUT2D eigenvalue weighted by molar-refractivity contribution is 0.295. The number of aliphatic hydroxyl groups excluding tert-OH is 1. The summed E-state index contributed by atoms with van der Waals surface area (Å²) in [4.78, 5) is 8.43. The Balaban J connectivity index is 2.46. The molecule has 0 saturated carbocycles. The lowest BCUT2D eigenvalue weighted by atomic mass is 10.2. The summed E-state index contributed by atoms with van der Waals surface area (Å²) in [7, 11) is 1.83. The number of nitrogens with zero attached hydrogens (tertiary/aromatic N) is 3. The number of aliphatic hydroxyl groups is 1. The van der Waals surface area contributed by atoms with Crippen LogP contribution in [0.5, 0.6) is 0 Å². The first-order valence-corrected chi connectivity index (χ1v) is 5.34. The van der Waals surface area contributed by atoms with E-state index in [-0.39, 0.29) is 6.61 Å². The van der Waals surface area contributed by atoms with Crippen LogP contribution in [-0.2, 0) is 13.5 Å². The van der Waals surface area contributed by atoms with E-state index in [4.69, 9.17) is 16.7 Å². The van der Waals surface area contributed by atoms with Gasteiger partial charge in [0.1, 0.15) is 16.7 Å². The predicted octanol–water partition coefficient (Wildman–Crippen LogP) is 1.67. The standard InChI is InChI=1S/C11H12ClN3O/c1-15-9(4-6-16)14-10(11(15)12)8-3-2-5-13-7-8/h2-3,5,7,16H,4,6H2,1H3. The van der Waals surface area contributed by atoms with Gasteiger partial charge in [-0.3, -0.25) is 4.98 Å². The van der Waals surface area contributed by atoms with E-state index in [1.807, 2.05) is 19.2 Å². The molecular weight excluding hydrogens is 226 g/mol. The summed E-state index contributed by atoms with van der Waals surface area (Å²) in [6.45, 7) is 0.0632. The maximum atomic E-state index is 8.91. The SMILES string of the molecule is Cn1c(CCO)nc(-c2cccnc2)c1Cl. The molecule has 0 radical (unpaired) electrons. The van der Waals surface area contributed by atoms with Crippen molar-refractivity contribution in [3.8, 4) is 11.3 Å². The normalized spacial score (nSPS) is 10.7. The molecule has 0 amide bonds. The molecule has 5 heteroatoms. The van der Waals surface area contributed by atoms with Gasteiger partial charge < -0.3 is 9.67 Å². The Morgan fingerprint density at radius 2 is 2.31 bits per heavy atom. The second-order valence-electron chi connectivity index (χ2n) is 3.44. The zero-order chi connectivity index (χ0) is 11.5. The molecular formula is C11H12ClN3O. The molecule has 0 atom stereocenters. The van der Waals surface area contributed by atoms with Crippen LogP contribution >= 0.6 is 11.6 Å². The summed E-state index contributed by atoms with van der Waals surface area (Å²) < 4.78 is 1.78. The van der Waals surface area contributed by atoms with Crippen molar-refractivity contribution >= 4 is 11.6 Å². The summed E-state index contributed by atoms with van der Waals surface area (Å²) in [5.74, 6) is 0.770. The molecule has 0 unspecified atom stereocenters. The van der Waals surface area contributed by atoms with E-state index in [0.717, 1.165) is 11.4 Å². The van der Waals surface area contributed by atoms with Crippen molar-refractivity contribution in [2.75, 3.05) is 6.61 Å². The first kappa shape index (κ1) is 11.1. The van der Waals surface area contributed by atoms with Crippen LogP contribution in [0.4, 0.5) is 0 Å². The second kappa shape index (κ2) is 4.63. The number of hydrogen-bond donors (Lipinski definition) is 1. The van der Waals surface area contributed by atoms with E-state index in [9.17, 15) is 0 Å². The van der Waals surface area contributed by atoms with Crippen LogP contribution in [0.15, 0.2) is 24.5 Å². The molecule has 0 bridgehead atoms. The Bertz CT molecular complexity index is 481. The fourth-order valence-corrected chi connectivity index (χ4v) is 1.78. The van der Waals surface area contributed by atoms with Crippen LogP contribution in [0.1, 0.15) is 5.82 Å². The zero-order valence-electron chi connectivity index (χ0n) is 8.89. The summed E-state index contributed by atoms with van der Waals surface area (Å²) >= 11 is 6.18. The first-order valence-electron chi connectivity index (χ1n) is 4.96. The van der Waals surface area contributed by atoms with Gasteiger partial charge in [-0.1, -0.05) is 11.6 Å². The van der Waals surface area contributed by atoms with E-state index in [1.54, 1.807) is 17.0 Å². The fourth-order valence-electron chi connectivity index (χ4n) is 1.53. The maximum absolute atomic E-state index is 8.91. The molecule has 0 aliphatic carbocycles. The van der Waals surface area contributed by atoms with E-state index in [0.29, 0.717) is 17.3 Å². The summed E-state index contributed by atoms with van der Waals surface area (Å²) in [6, 6.07) is 3.75. The van der Waals surface area contributed by atoms with E-state index >= 15 is 0 Å². The van der Waals surface area contributed by atoms with Crippen molar-refractivity contribution in [2.24, 2.45) is 7.05 Å². The third kappa shape index (κ3) is 1.94. The molecule has 0 spiro atoms. The molecule has 0 fully saturated rings. The Morgan fingerprint density at radius 3 is 2.94 bits per heavy atom. The minimum Gasteiger partial charge on any atom is -0.396 e. The minimum atomic E-state index is 0.0632. The lowest BCUT2D eigenvalue weighted by Crippen LogP contribution is -2.00. The molecule has 0 aliphatic rings. The molecule has 2 aromatic rings. The number of aromatic nitrogens is 3. The van der Waals surface area contributed by atoms with Crippen LogP contribution < -0.4 is 0 Å². The van der Waals surface area contributed by atoms with Gasteiger partial charge in [-0.15, -0.1) is 0 Å². The van der Waals surface area contributed by atoms with E-state index < -0.39 is 0 Å². The Hall–Kier alpha value is -1.39. The molecule has 4 nitrogen and oxygen atoms in total. The van der Waals surface area contributed by atoms with E-state index in [1.165, 1.54) is 0 Å². The third-order valence-electron chi connectivity index (χ3n) is 2.39. The van der Waals surface area contributed by atoms with Gasteiger partial charge in [-0.25, -0.2) is 4.98 Å². The molecule has 2 aromatic heterocycles. The highest BCUT2D eigenvalue weighted by Gasteiger charge is 2.13. The van der Waals surface area contributed by atoms with Crippen molar-refractivity contribution in [1.29, 1.82) is 0 Å². The molecule has 16 heavy (non-hydrogen) atoms. The van der Waals surface area contributed by atoms with Crippen LogP contribution in [0, 0.1) is 0 Å². The maximum Gasteiger partial charge on any atom is 0.136 e. The highest BCUT2D eigenvalue weighted by atomic mass is 35.5. The number of hydrogen-bond acceptors (Lipinski definition) is 3. The smallest absolute Gasteiger partial charge is 0.136 e. The number of imidazole rings is 1. The van der Waals surface area contributed by atoms with Crippen LogP contribution in [0.2, 0.25) is 5.15 Å². The van der Waals surface area contributed by atoms with Crippen molar-refractivity contribution in [3.63, 3.8) is 0 Å². The monoisotopic (exact) mass is 237 g/mol. The van der Waals surface area contributed by atoms with Crippen LogP contribution in [0.25, 0.3) is 11.3 Å². The molecule has 2 heterocycles. The highest BCUT2D eigenvalue weighted by Crippen LogP contribution is 2.26. The van der Waals surface area contributed by atoms with Gasteiger partial charge in [0.15, 0.2) is 0 Å². The quantitative estimate of drug-likeness (QED) is 0.884. The van der Waals surface area contributed by atoms with Gasteiger partial charge in [0.05, 0.1) is 6.61 Å². The van der Waals surface area contributed by atoms with Crippen molar-refractivity contribution in [1.82, 2.24) is 14.5 Å². The van der Waals surface area contributed by atoms with Crippen LogP contribution in [0.3, 0.4) is 0 Å². The number of pyridine rings is 1. The van der Waals surface area contributed by atoms with Gasteiger partial charge >= 0.3 is 0 Å². The average Bonchev–Trinajstić information content (AvgIpc) is 2.59. The first-order chi connectivity index (χ1) is 7.74. The average molecular weight is 238 g/mol.